The summed E-state index contributed by atoms with van der Waals surface area (Å²) in [6.45, 7) is 3.27. The van der Waals surface area contributed by atoms with E-state index in [1.54, 1.807) is 13.8 Å². The molecule has 1 rings (SSSR count). The van der Waals surface area contributed by atoms with Gasteiger partial charge < -0.3 is 10.4 Å². The Morgan fingerprint density at radius 3 is 2.53 bits per heavy atom. The Bertz CT molecular complexity index is 599. The van der Waals surface area contributed by atoms with Crippen molar-refractivity contribution < 1.29 is 18.3 Å². The van der Waals surface area contributed by atoms with Crippen molar-refractivity contribution in [3.63, 3.8) is 0 Å². The van der Waals surface area contributed by atoms with Gasteiger partial charge in [-0.05, 0) is 19.9 Å². The van der Waals surface area contributed by atoms with Crippen molar-refractivity contribution in [1.82, 2.24) is 4.98 Å². The predicted octanol–water partition coefficient (Wildman–Crippen LogP) is 1.67. The van der Waals surface area contributed by atoms with Crippen LogP contribution >= 0.6 is 11.6 Å². The number of halogens is 1. The van der Waals surface area contributed by atoms with Gasteiger partial charge in [0.1, 0.15) is 5.82 Å². The molecule has 1 heterocycles. The highest BCUT2D eigenvalue weighted by atomic mass is 35.5. The fraction of sp³-hybridized carbons (Fsp3) is 0.455. The van der Waals surface area contributed by atoms with E-state index in [2.05, 4.69) is 10.3 Å². The van der Waals surface area contributed by atoms with Gasteiger partial charge in [0, 0.05) is 19.0 Å². The molecule has 0 atom stereocenters. The number of carboxylic acid groups (broad SMARTS) is 1. The van der Waals surface area contributed by atoms with Gasteiger partial charge in [0.15, 0.2) is 9.84 Å². The molecule has 1 aromatic rings. The van der Waals surface area contributed by atoms with E-state index in [9.17, 15) is 13.2 Å². The minimum absolute atomic E-state index is 0.0297. The van der Waals surface area contributed by atoms with Crippen LogP contribution in [0.2, 0.25) is 5.02 Å². The van der Waals surface area contributed by atoms with Gasteiger partial charge in [-0.1, -0.05) is 11.6 Å². The molecule has 0 saturated carbocycles. The largest absolute Gasteiger partial charge is 0.478 e. The molecule has 0 aromatic carbocycles. The highest BCUT2D eigenvalue weighted by Gasteiger charge is 2.30. The second-order valence-corrected chi connectivity index (χ2v) is 7.80. The average molecular weight is 307 g/mol. The van der Waals surface area contributed by atoms with Gasteiger partial charge in [-0.2, -0.15) is 0 Å². The lowest BCUT2D eigenvalue weighted by Gasteiger charge is -2.23. The monoisotopic (exact) mass is 306 g/mol. The summed E-state index contributed by atoms with van der Waals surface area (Å²) in [4.78, 5) is 14.6. The summed E-state index contributed by atoms with van der Waals surface area (Å²) in [7, 11) is -3.23. The van der Waals surface area contributed by atoms with Crippen LogP contribution in [-0.4, -0.2) is 42.0 Å². The van der Waals surface area contributed by atoms with Gasteiger partial charge in [-0.3, -0.25) is 0 Å². The van der Waals surface area contributed by atoms with Crippen molar-refractivity contribution in [2.24, 2.45) is 0 Å². The van der Waals surface area contributed by atoms with Crippen LogP contribution in [0.25, 0.3) is 0 Å². The number of nitrogens with one attached hydrogen (secondary N) is 1. The van der Waals surface area contributed by atoms with E-state index in [0.29, 0.717) is 0 Å². The number of aromatic nitrogens is 1. The Morgan fingerprint density at radius 1 is 1.53 bits per heavy atom. The first-order valence-electron chi connectivity index (χ1n) is 5.37. The van der Waals surface area contributed by atoms with E-state index in [0.717, 1.165) is 12.5 Å². The lowest BCUT2D eigenvalue weighted by Crippen LogP contribution is -2.38. The van der Waals surface area contributed by atoms with E-state index in [1.807, 2.05) is 0 Å². The lowest BCUT2D eigenvalue weighted by molar-refractivity contribution is 0.0696. The molecule has 0 bridgehead atoms. The van der Waals surface area contributed by atoms with Crippen LogP contribution in [-0.2, 0) is 9.84 Å². The normalized spacial score (nSPS) is 12.2. The number of hydrogen-bond acceptors (Lipinski definition) is 5. The Hall–Kier alpha value is -1.34. The third kappa shape index (κ3) is 3.81. The molecule has 0 radical (unpaired) electrons. The number of hydrogen-bond donors (Lipinski definition) is 2. The highest BCUT2D eigenvalue weighted by molar-refractivity contribution is 7.92. The summed E-state index contributed by atoms with van der Waals surface area (Å²) < 4.78 is 22.1. The van der Waals surface area contributed by atoms with E-state index < -0.39 is 20.6 Å². The van der Waals surface area contributed by atoms with Gasteiger partial charge >= 0.3 is 5.97 Å². The fourth-order valence-electron chi connectivity index (χ4n) is 1.11. The van der Waals surface area contributed by atoms with Crippen molar-refractivity contribution in [1.29, 1.82) is 0 Å². The molecule has 19 heavy (non-hydrogen) atoms. The molecule has 0 saturated heterocycles. The summed E-state index contributed by atoms with van der Waals surface area (Å²) in [5.41, 5.74) is -0.0297. The second kappa shape index (κ2) is 5.34. The number of rotatable bonds is 5. The molecule has 0 amide bonds. The first kappa shape index (κ1) is 15.7. The Balaban J connectivity index is 2.88. The second-order valence-electron chi connectivity index (χ2n) is 4.74. The molecular weight excluding hydrogens is 292 g/mol. The SMILES string of the molecule is CC(C)(CNc1ncc(C(=O)O)cc1Cl)S(C)(=O)=O. The van der Waals surface area contributed by atoms with E-state index in [4.69, 9.17) is 16.7 Å². The molecule has 0 aliphatic rings. The maximum absolute atomic E-state index is 11.5. The number of nitrogens with zero attached hydrogens (tertiary/aromatic N) is 1. The fourth-order valence-corrected chi connectivity index (χ4v) is 1.68. The zero-order valence-corrected chi connectivity index (χ0v) is 12.3. The van der Waals surface area contributed by atoms with Crippen molar-refractivity contribution in [2.45, 2.75) is 18.6 Å². The van der Waals surface area contributed by atoms with Crippen molar-refractivity contribution >= 4 is 33.2 Å². The number of anilines is 1. The topological polar surface area (TPSA) is 96.4 Å². The summed E-state index contributed by atoms with van der Waals surface area (Å²) in [6, 6.07) is 1.26. The minimum atomic E-state index is -3.23. The van der Waals surface area contributed by atoms with Crippen LogP contribution in [0.1, 0.15) is 24.2 Å². The van der Waals surface area contributed by atoms with Crippen LogP contribution in [0.15, 0.2) is 12.3 Å². The predicted molar refractivity (Wildman–Crippen MR) is 73.6 cm³/mol. The molecule has 106 valence electrons. The summed E-state index contributed by atoms with van der Waals surface area (Å²) in [6.07, 6.45) is 2.31. The van der Waals surface area contributed by atoms with E-state index >= 15 is 0 Å². The van der Waals surface area contributed by atoms with Gasteiger partial charge in [-0.15, -0.1) is 0 Å². The van der Waals surface area contributed by atoms with Crippen molar-refractivity contribution in [2.75, 3.05) is 18.1 Å². The van der Waals surface area contributed by atoms with Crippen LogP contribution in [0.4, 0.5) is 5.82 Å². The lowest BCUT2D eigenvalue weighted by atomic mass is 10.2. The van der Waals surface area contributed by atoms with Gasteiger partial charge in [0.2, 0.25) is 0 Å². The Kier molecular flexibility index (Phi) is 4.42. The average Bonchev–Trinajstić information content (AvgIpc) is 2.25. The maximum Gasteiger partial charge on any atom is 0.337 e. The molecule has 8 heteroatoms. The highest BCUT2D eigenvalue weighted by Crippen LogP contribution is 2.22. The molecule has 0 fully saturated rings. The molecule has 0 aliphatic carbocycles. The first-order valence-corrected chi connectivity index (χ1v) is 7.64. The van der Waals surface area contributed by atoms with E-state index in [1.165, 1.54) is 6.07 Å². The zero-order chi connectivity index (χ0) is 14.8. The van der Waals surface area contributed by atoms with E-state index in [-0.39, 0.29) is 22.9 Å². The summed E-state index contributed by atoms with van der Waals surface area (Å²) in [5, 5.41) is 11.7. The van der Waals surface area contributed by atoms with Crippen LogP contribution in [0.5, 0.6) is 0 Å². The molecular formula is C11H15ClN2O4S. The maximum atomic E-state index is 11.5. The van der Waals surface area contributed by atoms with Crippen LogP contribution in [0.3, 0.4) is 0 Å². The minimum Gasteiger partial charge on any atom is -0.478 e. The molecule has 2 N–H and O–H groups in total. The third-order valence-electron chi connectivity index (χ3n) is 2.77. The number of carbonyl (C=O) groups is 1. The first-order chi connectivity index (χ1) is 8.54. The molecule has 6 nitrogen and oxygen atoms in total. The number of aromatic carboxylic acids is 1. The number of sulfone groups is 1. The molecule has 0 aliphatic heterocycles. The molecule has 1 aromatic heterocycles. The van der Waals surface area contributed by atoms with Gasteiger partial charge in [-0.25, -0.2) is 18.2 Å². The van der Waals surface area contributed by atoms with Crippen molar-refractivity contribution in [3.8, 4) is 0 Å². The molecule has 0 spiro atoms. The molecule has 0 unspecified atom stereocenters. The quantitative estimate of drug-likeness (QED) is 0.859. The van der Waals surface area contributed by atoms with Gasteiger partial charge in [0.25, 0.3) is 0 Å². The van der Waals surface area contributed by atoms with Crippen LogP contribution in [0, 0.1) is 0 Å². The summed E-state index contributed by atoms with van der Waals surface area (Å²) >= 11 is 5.88. The Morgan fingerprint density at radius 2 is 2.11 bits per heavy atom. The third-order valence-corrected chi connectivity index (χ3v) is 5.21. The van der Waals surface area contributed by atoms with Crippen molar-refractivity contribution in [3.05, 3.63) is 22.8 Å². The number of pyridine rings is 1. The standard InChI is InChI=1S/C11H15ClN2O4S/c1-11(2,19(3,17)18)6-14-9-8(12)4-7(5-13-9)10(15)16/h4-5H,6H2,1-3H3,(H,13,14)(H,15,16). The van der Waals surface area contributed by atoms with Crippen LogP contribution < -0.4 is 5.32 Å². The summed E-state index contributed by atoms with van der Waals surface area (Å²) in [5.74, 6) is -0.874. The smallest absolute Gasteiger partial charge is 0.337 e. The van der Waals surface area contributed by atoms with Gasteiger partial charge in [0.05, 0.1) is 15.3 Å². The number of carboxylic acids is 1. The zero-order valence-electron chi connectivity index (χ0n) is 10.8. The Labute approximate surface area is 116 Å².